The van der Waals surface area contributed by atoms with E-state index in [0.717, 1.165) is 26.4 Å². The summed E-state index contributed by atoms with van der Waals surface area (Å²) in [6, 6.07) is 20.6. The van der Waals surface area contributed by atoms with E-state index in [1.54, 1.807) is 29.5 Å². The zero-order chi connectivity index (χ0) is 18.8. The number of halogens is 2. The molecule has 0 saturated carbocycles. The van der Waals surface area contributed by atoms with Crippen molar-refractivity contribution in [1.82, 2.24) is 4.98 Å². The Morgan fingerprint density at radius 3 is 2.48 bits per heavy atom. The van der Waals surface area contributed by atoms with Gasteiger partial charge in [0.15, 0.2) is 0 Å². The van der Waals surface area contributed by atoms with Crippen LogP contribution in [0.5, 0.6) is 0 Å². The molecule has 0 fully saturated rings. The molecule has 0 radical (unpaired) electrons. The van der Waals surface area contributed by atoms with Crippen LogP contribution in [-0.2, 0) is 11.2 Å². The van der Waals surface area contributed by atoms with Crippen LogP contribution in [0.2, 0.25) is 10.0 Å². The number of benzene rings is 3. The van der Waals surface area contributed by atoms with E-state index in [9.17, 15) is 4.79 Å². The highest BCUT2D eigenvalue weighted by Gasteiger charge is 2.14. The Morgan fingerprint density at radius 1 is 0.963 bits per heavy atom. The van der Waals surface area contributed by atoms with Gasteiger partial charge >= 0.3 is 0 Å². The molecule has 6 heteroatoms. The zero-order valence-corrected chi connectivity index (χ0v) is 16.4. The fourth-order valence-electron chi connectivity index (χ4n) is 2.77. The van der Waals surface area contributed by atoms with Crippen LogP contribution in [0.25, 0.3) is 20.8 Å². The molecular formula is C21H14Cl2N2OS. The normalized spacial score (nSPS) is 10.9. The van der Waals surface area contributed by atoms with Crippen molar-refractivity contribution in [2.24, 2.45) is 0 Å². The lowest BCUT2D eigenvalue weighted by atomic mass is 10.1. The van der Waals surface area contributed by atoms with E-state index in [0.29, 0.717) is 15.7 Å². The van der Waals surface area contributed by atoms with Crippen molar-refractivity contribution in [3.8, 4) is 10.6 Å². The van der Waals surface area contributed by atoms with Gasteiger partial charge in [-0.15, -0.1) is 11.3 Å². The topological polar surface area (TPSA) is 42.0 Å². The number of thiazole rings is 1. The van der Waals surface area contributed by atoms with Gasteiger partial charge in [0.2, 0.25) is 5.91 Å². The van der Waals surface area contributed by atoms with Crippen molar-refractivity contribution in [1.29, 1.82) is 0 Å². The Balaban J connectivity index is 1.63. The molecule has 1 aromatic heterocycles. The van der Waals surface area contributed by atoms with E-state index >= 15 is 0 Å². The third-order valence-electron chi connectivity index (χ3n) is 4.06. The molecular weight excluding hydrogens is 399 g/mol. The summed E-state index contributed by atoms with van der Waals surface area (Å²) in [5.41, 5.74) is 3.33. The van der Waals surface area contributed by atoms with Crippen molar-refractivity contribution in [3.63, 3.8) is 0 Å². The number of nitrogens with one attached hydrogen (secondary N) is 1. The van der Waals surface area contributed by atoms with Gasteiger partial charge < -0.3 is 5.32 Å². The average Bonchev–Trinajstić information content (AvgIpc) is 3.09. The molecule has 1 amide bonds. The molecule has 134 valence electrons. The number of hydrogen-bond acceptors (Lipinski definition) is 3. The van der Waals surface area contributed by atoms with Crippen LogP contribution in [0, 0.1) is 0 Å². The molecule has 4 aromatic rings. The van der Waals surface area contributed by atoms with Crippen molar-refractivity contribution < 1.29 is 4.79 Å². The minimum atomic E-state index is -0.109. The monoisotopic (exact) mass is 412 g/mol. The molecule has 0 spiro atoms. The van der Waals surface area contributed by atoms with Crippen LogP contribution >= 0.6 is 34.5 Å². The molecule has 0 aliphatic carbocycles. The largest absolute Gasteiger partial charge is 0.325 e. The Bertz CT molecular complexity index is 1090. The summed E-state index contributed by atoms with van der Waals surface area (Å²) in [6.45, 7) is 0. The Kier molecular flexibility index (Phi) is 5.12. The summed E-state index contributed by atoms with van der Waals surface area (Å²) in [6.07, 6.45) is 0.263. The lowest BCUT2D eigenvalue weighted by molar-refractivity contribution is -0.115. The van der Waals surface area contributed by atoms with Gasteiger partial charge in [-0.2, -0.15) is 0 Å². The number of carbonyl (C=O) groups is 1. The molecule has 3 nitrogen and oxygen atoms in total. The quantitative estimate of drug-likeness (QED) is 0.418. The van der Waals surface area contributed by atoms with Gasteiger partial charge in [-0.1, -0.05) is 47.5 Å². The summed E-state index contributed by atoms with van der Waals surface area (Å²) >= 11 is 13.7. The second-order valence-electron chi connectivity index (χ2n) is 6.03. The molecule has 3 aromatic carbocycles. The number of amides is 1. The predicted molar refractivity (Wildman–Crippen MR) is 114 cm³/mol. The fourth-order valence-corrected chi connectivity index (χ4v) is 4.07. The SMILES string of the molecule is O=C(Cc1ccc(Cl)cc1)Nc1ccc(Cl)cc1-c1nc2ccccc2s1. The second kappa shape index (κ2) is 7.69. The van der Waals surface area contributed by atoms with Gasteiger partial charge in [-0.05, 0) is 48.0 Å². The smallest absolute Gasteiger partial charge is 0.228 e. The number of fused-ring (bicyclic) bond motifs is 1. The number of anilines is 1. The lowest BCUT2D eigenvalue weighted by Crippen LogP contribution is -2.15. The van der Waals surface area contributed by atoms with Gasteiger partial charge in [-0.3, -0.25) is 4.79 Å². The van der Waals surface area contributed by atoms with Gasteiger partial charge in [0.1, 0.15) is 5.01 Å². The maximum atomic E-state index is 12.5. The maximum absolute atomic E-state index is 12.5. The van der Waals surface area contributed by atoms with Gasteiger partial charge in [0.05, 0.1) is 22.3 Å². The Morgan fingerprint density at radius 2 is 1.70 bits per heavy atom. The van der Waals surface area contributed by atoms with Crippen LogP contribution < -0.4 is 5.32 Å². The van der Waals surface area contributed by atoms with Crippen LogP contribution in [0.3, 0.4) is 0 Å². The Hall–Kier alpha value is -2.40. The summed E-state index contributed by atoms with van der Waals surface area (Å²) in [7, 11) is 0. The van der Waals surface area contributed by atoms with E-state index in [-0.39, 0.29) is 12.3 Å². The molecule has 0 atom stereocenters. The van der Waals surface area contributed by atoms with E-state index in [1.165, 1.54) is 0 Å². The highest BCUT2D eigenvalue weighted by Crippen LogP contribution is 2.36. The Labute approximate surface area is 170 Å². The molecule has 0 bridgehead atoms. The van der Waals surface area contributed by atoms with E-state index in [1.807, 2.05) is 48.5 Å². The molecule has 0 aliphatic heterocycles. The first-order valence-corrected chi connectivity index (χ1v) is 9.85. The molecule has 27 heavy (non-hydrogen) atoms. The van der Waals surface area contributed by atoms with Crippen LogP contribution in [0.1, 0.15) is 5.56 Å². The molecule has 0 aliphatic rings. The van der Waals surface area contributed by atoms with Gasteiger partial charge in [0.25, 0.3) is 0 Å². The third kappa shape index (κ3) is 4.14. The number of aromatic nitrogens is 1. The number of rotatable bonds is 4. The highest BCUT2D eigenvalue weighted by atomic mass is 35.5. The minimum Gasteiger partial charge on any atom is -0.325 e. The van der Waals surface area contributed by atoms with Crippen molar-refractivity contribution in [2.45, 2.75) is 6.42 Å². The van der Waals surface area contributed by atoms with Crippen LogP contribution in [0.15, 0.2) is 66.7 Å². The molecule has 0 unspecified atom stereocenters. The second-order valence-corrected chi connectivity index (χ2v) is 7.93. The van der Waals surface area contributed by atoms with Crippen molar-refractivity contribution in [2.75, 3.05) is 5.32 Å². The predicted octanol–water partition coefficient (Wildman–Crippen LogP) is 6.45. The standard InChI is InChI=1S/C21H14Cl2N2OS/c22-14-7-5-13(6-8-14)11-20(26)24-17-10-9-15(23)12-16(17)21-25-18-3-1-2-4-19(18)27-21/h1-10,12H,11H2,(H,24,26). The first kappa shape index (κ1) is 18.0. The summed E-state index contributed by atoms with van der Waals surface area (Å²) in [5.74, 6) is -0.109. The number of para-hydroxylation sites is 1. The number of nitrogens with zero attached hydrogens (tertiary/aromatic N) is 1. The molecule has 0 saturated heterocycles. The third-order valence-corrected chi connectivity index (χ3v) is 5.61. The number of carbonyl (C=O) groups excluding carboxylic acids is 1. The van der Waals surface area contributed by atoms with E-state index < -0.39 is 0 Å². The first-order chi connectivity index (χ1) is 13.1. The fraction of sp³-hybridized carbons (Fsp3) is 0.0476. The van der Waals surface area contributed by atoms with Crippen LogP contribution in [0.4, 0.5) is 5.69 Å². The lowest BCUT2D eigenvalue weighted by Gasteiger charge is -2.10. The summed E-state index contributed by atoms with van der Waals surface area (Å²) < 4.78 is 1.09. The zero-order valence-electron chi connectivity index (χ0n) is 14.1. The van der Waals surface area contributed by atoms with E-state index in [4.69, 9.17) is 23.2 Å². The molecule has 4 rings (SSSR count). The van der Waals surface area contributed by atoms with Gasteiger partial charge in [-0.25, -0.2) is 4.98 Å². The average molecular weight is 413 g/mol. The van der Waals surface area contributed by atoms with Gasteiger partial charge in [0, 0.05) is 15.6 Å². The highest BCUT2D eigenvalue weighted by molar-refractivity contribution is 7.21. The van der Waals surface area contributed by atoms with Crippen molar-refractivity contribution in [3.05, 3.63) is 82.3 Å². The molecule has 1 N–H and O–H groups in total. The van der Waals surface area contributed by atoms with Crippen molar-refractivity contribution >= 4 is 56.3 Å². The summed E-state index contributed by atoms with van der Waals surface area (Å²) in [5, 5.41) is 5.04. The number of hydrogen-bond donors (Lipinski definition) is 1. The maximum Gasteiger partial charge on any atom is 0.228 e. The van der Waals surface area contributed by atoms with E-state index in [2.05, 4.69) is 10.3 Å². The molecule has 1 heterocycles. The first-order valence-electron chi connectivity index (χ1n) is 8.28. The minimum absolute atomic E-state index is 0.109. The summed E-state index contributed by atoms with van der Waals surface area (Å²) in [4.78, 5) is 17.2. The van der Waals surface area contributed by atoms with Crippen LogP contribution in [-0.4, -0.2) is 10.9 Å².